The van der Waals surface area contributed by atoms with Gasteiger partial charge in [-0.3, -0.25) is 9.59 Å². The number of rotatable bonds is 7. The van der Waals surface area contributed by atoms with Crippen LogP contribution in [0, 0.1) is 17.3 Å². The molecule has 41 heavy (non-hydrogen) atoms. The highest BCUT2D eigenvalue weighted by molar-refractivity contribution is 5.92. The van der Waals surface area contributed by atoms with Crippen molar-refractivity contribution in [1.82, 2.24) is 15.5 Å². The van der Waals surface area contributed by atoms with E-state index in [1.54, 1.807) is 53.7 Å². The minimum absolute atomic E-state index is 0.0279. The number of likely N-dealkylation sites (tertiary alicyclic amines) is 1. The summed E-state index contributed by atoms with van der Waals surface area (Å²) in [5.41, 5.74) is -1.29. The molecule has 226 valence electrons. The van der Waals surface area contributed by atoms with E-state index in [0.717, 1.165) is 5.56 Å². The van der Waals surface area contributed by atoms with Crippen LogP contribution in [-0.2, 0) is 19.1 Å². The summed E-state index contributed by atoms with van der Waals surface area (Å²) >= 11 is 0. The van der Waals surface area contributed by atoms with Crippen molar-refractivity contribution in [3.8, 4) is 11.8 Å². The van der Waals surface area contributed by atoms with Crippen LogP contribution in [0.25, 0.3) is 0 Å². The molecular formula is C31H45N3O7. The molecule has 1 aromatic carbocycles. The summed E-state index contributed by atoms with van der Waals surface area (Å²) < 4.78 is 11.0. The first kappa shape index (κ1) is 32.4. The summed E-state index contributed by atoms with van der Waals surface area (Å²) in [5.74, 6) is 4.83. The Bertz CT molecular complexity index is 1150. The van der Waals surface area contributed by atoms with E-state index in [1.165, 1.54) is 4.90 Å². The number of carbonyl (C=O) groups is 3. The zero-order valence-electron chi connectivity index (χ0n) is 25.2. The molecule has 0 bridgehead atoms. The lowest BCUT2D eigenvalue weighted by Crippen LogP contribution is -2.60. The maximum absolute atomic E-state index is 14.1. The van der Waals surface area contributed by atoms with Gasteiger partial charge < -0.3 is 35.2 Å². The van der Waals surface area contributed by atoms with Crippen LogP contribution >= 0.6 is 0 Å². The van der Waals surface area contributed by atoms with E-state index in [1.807, 2.05) is 19.1 Å². The van der Waals surface area contributed by atoms with Crippen LogP contribution < -0.4 is 10.6 Å². The van der Waals surface area contributed by atoms with Gasteiger partial charge in [-0.2, -0.15) is 0 Å². The maximum Gasteiger partial charge on any atom is 0.408 e. The second-order valence-corrected chi connectivity index (χ2v) is 12.8. The summed E-state index contributed by atoms with van der Waals surface area (Å²) in [6.45, 7) is 12.8. The number of hydrogen-bond donors (Lipinski definition) is 4. The molecule has 2 aliphatic heterocycles. The van der Waals surface area contributed by atoms with E-state index < -0.39 is 58.8 Å². The molecule has 0 aromatic heterocycles. The first-order chi connectivity index (χ1) is 19.0. The Balaban J connectivity index is 1.88. The molecule has 10 heteroatoms. The molecule has 4 N–H and O–H groups in total. The number of hydrogen-bond acceptors (Lipinski definition) is 7. The Labute approximate surface area is 243 Å². The zero-order valence-corrected chi connectivity index (χ0v) is 25.2. The van der Waals surface area contributed by atoms with Crippen molar-refractivity contribution in [2.75, 3.05) is 19.8 Å². The number of nitrogens with zero attached hydrogens (tertiary/aromatic N) is 1. The molecule has 10 nitrogen and oxygen atoms in total. The third-order valence-corrected chi connectivity index (χ3v) is 7.61. The summed E-state index contributed by atoms with van der Waals surface area (Å²) in [5, 5.41) is 27.2. The summed E-state index contributed by atoms with van der Waals surface area (Å²) in [7, 11) is 0. The highest BCUT2D eigenvalue weighted by atomic mass is 16.6. The van der Waals surface area contributed by atoms with Crippen molar-refractivity contribution in [2.45, 2.75) is 103 Å². The van der Waals surface area contributed by atoms with Gasteiger partial charge in [-0.25, -0.2) is 4.79 Å². The molecule has 2 saturated heterocycles. The average Bonchev–Trinajstić information content (AvgIpc) is 3.26. The molecule has 2 aliphatic rings. The molecule has 0 spiro atoms. The number of ether oxygens (including phenoxy) is 2. The maximum atomic E-state index is 14.1. The summed E-state index contributed by atoms with van der Waals surface area (Å²) in [6, 6.07) is 4.42. The zero-order chi connectivity index (χ0) is 30.6. The van der Waals surface area contributed by atoms with Crippen molar-refractivity contribution in [3.63, 3.8) is 0 Å². The van der Waals surface area contributed by atoms with Gasteiger partial charge in [0.2, 0.25) is 11.8 Å². The molecule has 2 fully saturated rings. The Kier molecular flexibility index (Phi) is 10.1. The van der Waals surface area contributed by atoms with Gasteiger partial charge in [0.05, 0.1) is 17.7 Å². The lowest BCUT2D eigenvalue weighted by molar-refractivity contribution is -0.145. The molecule has 3 amide bonds. The van der Waals surface area contributed by atoms with Crippen molar-refractivity contribution < 1.29 is 34.1 Å². The molecule has 0 radical (unpaired) electrons. The van der Waals surface area contributed by atoms with Gasteiger partial charge in [0.1, 0.15) is 17.7 Å². The molecule has 4 atom stereocenters. The summed E-state index contributed by atoms with van der Waals surface area (Å²) in [4.78, 5) is 42.0. The molecule has 3 rings (SSSR count). The van der Waals surface area contributed by atoms with E-state index >= 15 is 0 Å². The minimum atomic E-state index is -1.34. The second kappa shape index (κ2) is 12.8. The Hall–Kier alpha value is -3.13. The van der Waals surface area contributed by atoms with Gasteiger partial charge in [0, 0.05) is 37.2 Å². The minimum Gasteiger partial charge on any atom is -0.444 e. The lowest BCUT2D eigenvalue weighted by Gasteiger charge is -2.42. The van der Waals surface area contributed by atoms with Crippen LogP contribution in [0.2, 0.25) is 0 Å². The predicted octanol–water partition coefficient (Wildman–Crippen LogP) is 2.66. The van der Waals surface area contributed by atoms with Crippen molar-refractivity contribution in [3.05, 3.63) is 35.4 Å². The molecule has 0 aliphatic carbocycles. The molecule has 1 aromatic rings. The van der Waals surface area contributed by atoms with Gasteiger partial charge in [0.25, 0.3) is 0 Å². The highest BCUT2D eigenvalue weighted by Crippen LogP contribution is 2.36. The van der Waals surface area contributed by atoms with Crippen LogP contribution in [0.1, 0.15) is 84.9 Å². The normalized spacial score (nSPS) is 22.1. The van der Waals surface area contributed by atoms with E-state index in [0.29, 0.717) is 31.6 Å². The molecule has 1 unspecified atom stereocenters. The lowest BCUT2D eigenvalue weighted by atomic mass is 9.75. The van der Waals surface area contributed by atoms with Gasteiger partial charge in [-0.05, 0) is 72.1 Å². The van der Waals surface area contributed by atoms with E-state index in [-0.39, 0.29) is 13.0 Å². The highest BCUT2D eigenvalue weighted by Gasteiger charge is 2.49. The number of β-amino-alcohol motifs (C(OH)–C–C–N with tert-alkyl or cyclic N) is 1. The van der Waals surface area contributed by atoms with E-state index in [4.69, 9.17) is 9.47 Å². The molecule has 2 heterocycles. The van der Waals surface area contributed by atoms with E-state index in [9.17, 15) is 24.6 Å². The Morgan fingerprint density at radius 1 is 1.10 bits per heavy atom. The quantitative estimate of drug-likeness (QED) is 0.369. The van der Waals surface area contributed by atoms with Gasteiger partial charge in [-0.1, -0.05) is 25.0 Å². The van der Waals surface area contributed by atoms with Gasteiger partial charge in [0.15, 0.2) is 0 Å². The number of carbonyl (C=O) groups excluding carboxylic acids is 3. The second-order valence-electron chi connectivity index (χ2n) is 12.8. The SMILES string of the molecule is CC#Cc1ccc([C@@H](NC(=O)[C@@H]2C[C@@H](O)CN2C(=O)C(NC(=O)OC(C)(C)C)C2(C)CCOCC2)C(C)(C)O)cc1. The average molecular weight is 572 g/mol. The summed E-state index contributed by atoms with van der Waals surface area (Å²) in [6.07, 6.45) is -0.591. The molecular weight excluding hydrogens is 526 g/mol. The third kappa shape index (κ3) is 8.44. The Morgan fingerprint density at radius 3 is 2.24 bits per heavy atom. The molecule has 0 saturated carbocycles. The van der Waals surface area contributed by atoms with Gasteiger partial charge in [-0.15, -0.1) is 5.92 Å². The van der Waals surface area contributed by atoms with Crippen molar-refractivity contribution >= 4 is 17.9 Å². The van der Waals surface area contributed by atoms with Crippen molar-refractivity contribution in [2.24, 2.45) is 5.41 Å². The first-order valence-corrected chi connectivity index (χ1v) is 14.2. The third-order valence-electron chi connectivity index (χ3n) is 7.61. The number of amides is 3. The standard InChI is InChI=1S/C31H45N3O7/c1-8-9-20-10-12-21(13-11-20)24(30(5,6)39)32-26(36)23-18-22(35)19-34(23)27(37)25(31(7)14-16-40-17-15-31)33-28(38)41-29(2,3)4/h10-13,22-25,35,39H,14-19H2,1-7H3,(H,32,36)(H,33,38)/t22-,23+,24-,25?/m1/s1. The monoisotopic (exact) mass is 571 g/mol. The largest absolute Gasteiger partial charge is 0.444 e. The van der Waals surface area contributed by atoms with Crippen LogP contribution in [0.4, 0.5) is 4.79 Å². The predicted molar refractivity (Wildman–Crippen MR) is 154 cm³/mol. The van der Waals surface area contributed by atoms with Gasteiger partial charge >= 0.3 is 6.09 Å². The fourth-order valence-electron chi connectivity index (χ4n) is 5.37. The van der Waals surface area contributed by atoms with Crippen LogP contribution in [-0.4, -0.2) is 82.2 Å². The van der Waals surface area contributed by atoms with Crippen LogP contribution in [0.15, 0.2) is 24.3 Å². The number of alkyl carbamates (subject to hydrolysis) is 1. The fourth-order valence-corrected chi connectivity index (χ4v) is 5.37. The van der Waals surface area contributed by atoms with Crippen LogP contribution in [0.3, 0.4) is 0 Å². The smallest absolute Gasteiger partial charge is 0.408 e. The first-order valence-electron chi connectivity index (χ1n) is 14.2. The van der Waals surface area contributed by atoms with Crippen LogP contribution in [0.5, 0.6) is 0 Å². The number of nitrogens with one attached hydrogen (secondary N) is 2. The number of aliphatic hydroxyl groups excluding tert-OH is 1. The van der Waals surface area contributed by atoms with Crippen molar-refractivity contribution in [1.29, 1.82) is 0 Å². The Morgan fingerprint density at radius 2 is 1.71 bits per heavy atom. The number of benzene rings is 1. The fraction of sp³-hybridized carbons (Fsp3) is 0.645. The van der Waals surface area contributed by atoms with E-state index in [2.05, 4.69) is 22.5 Å². The topological polar surface area (TPSA) is 137 Å². The number of aliphatic hydroxyl groups is 2.